The van der Waals surface area contributed by atoms with Gasteiger partial charge in [0, 0.05) is 13.2 Å². The molecule has 202 valence electrons. The van der Waals surface area contributed by atoms with Gasteiger partial charge < -0.3 is 18.9 Å². The highest BCUT2D eigenvalue weighted by Gasteiger charge is 2.27. The fourth-order valence-corrected chi connectivity index (χ4v) is 5.11. The molecule has 0 aliphatic carbocycles. The molecule has 2 aromatic carbocycles. The van der Waals surface area contributed by atoms with Gasteiger partial charge in [0.05, 0.1) is 32.8 Å². The number of methoxy groups -OCH3 is 2. The van der Waals surface area contributed by atoms with E-state index in [-0.39, 0.29) is 36.2 Å². The highest BCUT2D eigenvalue weighted by atomic mass is 79.9. The van der Waals surface area contributed by atoms with Crippen LogP contribution in [-0.2, 0) is 35.0 Å². The van der Waals surface area contributed by atoms with Crippen LogP contribution in [0.4, 0.5) is 8.78 Å². The molecule has 0 amide bonds. The van der Waals surface area contributed by atoms with Gasteiger partial charge in [-0.3, -0.25) is 9.59 Å². The predicted octanol–water partition coefficient (Wildman–Crippen LogP) is 6.46. The molecule has 3 unspecified atom stereocenters. The molecular formula is C28H33BrF2O6. The number of carbonyl (C=O) groups excluding carboxylic acids is 2. The van der Waals surface area contributed by atoms with Gasteiger partial charge in [-0.2, -0.15) is 0 Å². The molecule has 0 saturated carbocycles. The SMILES string of the molecule is COC(=O)C(Br)c1cc(F)ccc1C1CCCCO1.COC(=O)Cc1cc(F)ccc1C1CCCCO1. The van der Waals surface area contributed by atoms with Crippen LogP contribution in [0.2, 0.25) is 0 Å². The topological polar surface area (TPSA) is 71.1 Å². The van der Waals surface area contributed by atoms with Crippen molar-refractivity contribution in [1.82, 2.24) is 0 Å². The lowest BCUT2D eigenvalue weighted by Crippen LogP contribution is -2.17. The highest BCUT2D eigenvalue weighted by Crippen LogP contribution is 2.36. The van der Waals surface area contributed by atoms with Gasteiger partial charge >= 0.3 is 11.9 Å². The second kappa shape index (κ2) is 14.5. The minimum atomic E-state index is -0.672. The Hall–Kier alpha value is -2.36. The van der Waals surface area contributed by atoms with Crippen LogP contribution in [0.25, 0.3) is 0 Å². The molecule has 0 bridgehead atoms. The number of esters is 2. The van der Waals surface area contributed by atoms with Gasteiger partial charge in [0.2, 0.25) is 0 Å². The van der Waals surface area contributed by atoms with Crippen LogP contribution in [0.1, 0.15) is 77.8 Å². The monoisotopic (exact) mass is 582 g/mol. The fourth-order valence-electron chi connectivity index (χ4n) is 4.53. The Labute approximate surface area is 224 Å². The molecule has 37 heavy (non-hydrogen) atoms. The van der Waals surface area contributed by atoms with Gasteiger partial charge in [0.1, 0.15) is 16.5 Å². The van der Waals surface area contributed by atoms with Crippen molar-refractivity contribution in [2.75, 3.05) is 27.4 Å². The Morgan fingerprint density at radius 2 is 1.46 bits per heavy atom. The van der Waals surface area contributed by atoms with E-state index in [1.165, 1.54) is 38.5 Å². The van der Waals surface area contributed by atoms with E-state index in [2.05, 4.69) is 20.7 Å². The summed E-state index contributed by atoms with van der Waals surface area (Å²) >= 11 is 3.27. The molecule has 6 nitrogen and oxygen atoms in total. The Morgan fingerprint density at radius 1 is 0.892 bits per heavy atom. The third kappa shape index (κ3) is 8.32. The number of carbonyl (C=O) groups is 2. The lowest BCUT2D eigenvalue weighted by molar-refractivity contribution is -0.140. The number of rotatable bonds is 6. The molecule has 2 aliphatic heterocycles. The molecule has 2 heterocycles. The van der Waals surface area contributed by atoms with Crippen LogP contribution in [0.15, 0.2) is 36.4 Å². The summed E-state index contributed by atoms with van der Waals surface area (Å²) in [6, 6.07) is 8.97. The molecule has 2 aromatic rings. The first-order valence-corrected chi connectivity index (χ1v) is 13.3. The van der Waals surface area contributed by atoms with Gasteiger partial charge in [-0.05, 0) is 85.0 Å². The maximum Gasteiger partial charge on any atom is 0.324 e. The van der Waals surface area contributed by atoms with Crippen LogP contribution in [0, 0.1) is 11.6 Å². The minimum absolute atomic E-state index is 0.0287. The third-order valence-electron chi connectivity index (χ3n) is 6.45. The summed E-state index contributed by atoms with van der Waals surface area (Å²) in [7, 11) is 2.64. The summed E-state index contributed by atoms with van der Waals surface area (Å²) in [6.45, 7) is 1.42. The lowest BCUT2D eigenvalue weighted by atomic mass is 9.95. The van der Waals surface area contributed by atoms with Gasteiger partial charge in [-0.15, -0.1) is 0 Å². The van der Waals surface area contributed by atoms with Crippen molar-refractivity contribution < 1.29 is 37.3 Å². The van der Waals surface area contributed by atoms with Crippen LogP contribution in [-0.4, -0.2) is 39.4 Å². The fraction of sp³-hybridized carbons (Fsp3) is 0.500. The van der Waals surface area contributed by atoms with E-state index in [1.54, 1.807) is 12.1 Å². The quantitative estimate of drug-likeness (QED) is 0.287. The van der Waals surface area contributed by atoms with E-state index in [0.717, 1.165) is 56.3 Å². The number of ether oxygens (including phenoxy) is 4. The second-order valence-corrected chi connectivity index (χ2v) is 9.88. The van der Waals surface area contributed by atoms with Gasteiger partial charge in [0.25, 0.3) is 0 Å². The zero-order valence-corrected chi connectivity index (χ0v) is 22.7. The standard InChI is InChI=1S/C14H16BrFO3.C14H17FO3/c1-18-14(17)13(15)11-8-9(16)5-6-10(11)12-4-2-3-7-19-12;1-17-14(16)9-10-8-11(15)5-6-12(10)13-4-2-3-7-18-13/h5-6,8,12-13H,2-4,7H2,1H3;5-6,8,13H,2-4,7,9H2,1H3. The summed E-state index contributed by atoms with van der Waals surface area (Å²) < 4.78 is 47.4. The summed E-state index contributed by atoms with van der Waals surface area (Å²) in [5.41, 5.74) is 3.00. The van der Waals surface area contributed by atoms with Crippen LogP contribution in [0.5, 0.6) is 0 Å². The summed E-state index contributed by atoms with van der Waals surface area (Å²) in [5.74, 6) is -1.52. The number of alkyl halides is 1. The molecule has 2 fully saturated rings. The van der Waals surface area contributed by atoms with Crippen molar-refractivity contribution >= 4 is 27.9 Å². The van der Waals surface area contributed by atoms with Crippen molar-refractivity contribution in [1.29, 1.82) is 0 Å². The van der Waals surface area contributed by atoms with Crippen molar-refractivity contribution in [3.8, 4) is 0 Å². The number of benzene rings is 2. The molecule has 4 rings (SSSR count). The number of halogens is 3. The van der Waals surface area contributed by atoms with Crippen LogP contribution in [0.3, 0.4) is 0 Å². The first-order chi connectivity index (χ1) is 17.8. The molecule has 0 N–H and O–H groups in total. The van der Waals surface area contributed by atoms with Crippen molar-refractivity contribution in [2.45, 2.75) is 62.0 Å². The Balaban J connectivity index is 0.000000206. The van der Waals surface area contributed by atoms with Crippen molar-refractivity contribution in [3.63, 3.8) is 0 Å². The second-order valence-electron chi connectivity index (χ2n) is 8.97. The van der Waals surface area contributed by atoms with Gasteiger partial charge in [-0.25, -0.2) is 8.78 Å². The highest BCUT2D eigenvalue weighted by molar-refractivity contribution is 9.09. The van der Waals surface area contributed by atoms with Crippen molar-refractivity contribution in [3.05, 3.63) is 70.3 Å². The Bertz CT molecular complexity index is 1050. The molecule has 0 spiro atoms. The predicted molar refractivity (Wildman–Crippen MR) is 137 cm³/mol. The summed E-state index contributed by atoms with van der Waals surface area (Å²) in [6.07, 6.45) is 6.06. The van der Waals surface area contributed by atoms with E-state index in [0.29, 0.717) is 17.7 Å². The lowest BCUT2D eigenvalue weighted by Gasteiger charge is -2.26. The van der Waals surface area contributed by atoms with Gasteiger partial charge in [0.15, 0.2) is 0 Å². The van der Waals surface area contributed by atoms with Gasteiger partial charge in [-0.1, -0.05) is 28.1 Å². The molecule has 0 aromatic heterocycles. The average molecular weight is 583 g/mol. The number of hydrogen-bond donors (Lipinski definition) is 0. The summed E-state index contributed by atoms with van der Waals surface area (Å²) in [5, 5.41) is 0. The first-order valence-electron chi connectivity index (χ1n) is 12.4. The Kier molecular flexibility index (Phi) is 11.5. The molecule has 3 atom stereocenters. The third-order valence-corrected chi connectivity index (χ3v) is 7.32. The molecule has 9 heteroatoms. The van der Waals surface area contributed by atoms with E-state index >= 15 is 0 Å². The molecule has 2 saturated heterocycles. The van der Waals surface area contributed by atoms with E-state index < -0.39 is 10.8 Å². The molecule has 0 radical (unpaired) electrons. The zero-order chi connectivity index (χ0) is 26.8. The molecular weight excluding hydrogens is 550 g/mol. The first kappa shape index (κ1) is 29.2. The smallest absolute Gasteiger partial charge is 0.324 e. The average Bonchev–Trinajstić information content (AvgIpc) is 2.93. The summed E-state index contributed by atoms with van der Waals surface area (Å²) in [4.78, 5) is 22.3. The maximum atomic E-state index is 13.4. The van der Waals surface area contributed by atoms with E-state index in [4.69, 9.17) is 14.2 Å². The van der Waals surface area contributed by atoms with Crippen LogP contribution < -0.4 is 0 Å². The van der Waals surface area contributed by atoms with E-state index in [1.807, 2.05) is 0 Å². The molecule has 2 aliphatic rings. The largest absolute Gasteiger partial charge is 0.469 e. The Morgan fingerprint density at radius 3 is 2.00 bits per heavy atom. The minimum Gasteiger partial charge on any atom is -0.469 e. The normalized spacial score (nSPS) is 20.2. The zero-order valence-electron chi connectivity index (χ0n) is 21.1. The number of hydrogen-bond acceptors (Lipinski definition) is 6. The van der Waals surface area contributed by atoms with Crippen molar-refractivity contribution in [2.24, 2.45) is 0 Å². The van der Waals surface area contributed by atoms with Crippen LogP contribution >= 0.6 is 15.9 Å². The maximum absolute atomic E-state index is 13.4. The van der Waals surface area contributed by atoms with E-state index in [9.17, 15) is 18.4 Å².